The Kier molecular flexibility index (Phi) is 4.63. The van der Waals surface area contributed by atoms with Gasteiger partial charge in [0.2, 0.25) is 0 Å². The number of halogens is 1. The maximum atomic E-state index is 13.8. The third-order valence-corrected chi connectivity index (χ3v) is 5.24. The topological polar surface area (TPSA) is 50.3 Å². The van der Waals surface area contributed by atoms with Crippen molar-refractivity contribution < 1.29 is 9.13 Å². The molecule has 2 aromatic rings. The Balaban J connectivity index is 1.30. The van der Waals surface area contributed by atoms with Gasteiger partial charge < -0.3 is 10.1 Å². The second-order valence-corrected chi connectivity index (χ2v) is 7.00. The first kappa shape index (κ1) is 16.4. The van der Waals surface area contributed by atoms with Gasteiger partial charge in [0, 0.05) is 37.6 Å². The number of ether oxygens (including phenoxy) is 1. The number of aromatic nitrogens is 2. The van der Waals surface area contributed by atoms with Crippen LogP contribution in [-0.2, 0) is 11.3 Å². The van der Waals surface area contributed by atoms with E-state index in [1.807, 2.05) is 12.1 Å². The summed E-state index contributed by atoms with van der Waals surface area (Å²) in [4.78, 5) is 10.7. The van der Waals surface area contributed by atoms with Gasteiger partial charge in [-0.2, -0.15) is 0 Å². The second-order valence-electron chi connectivity index (χ2n) is 7.00. The van der Waals surface area contributed by atoms with E-state index in [1.165, 1.54) is 6.07 Å². The van der Waals surface area contributed by atoms with Crippen molar-refractivity contribution in [3.05, 3.63) is 54.2 Å². The summed E-state index contributed by atoms with van der Waals surface area (Å²) in [5.41, 5.74) is 0.721. The van der Waals surface area contributed by atoms with Gasteiger partial charge >= 0.3 is 0 Å². The minimum absolute atomic E-state index is 0.0500. The van der Waals surface area contributed by atoms with Crippen LogP contribution in [0.25, 0.3) is 0 Å². The Hall–Kier alpha value is -2.05. The fourth-order valence-electron chi connectivity index (χ4n) is 3.85. The highest BCUT2D eigenvalue weighted by molar-refractivity contribution is 5.32. The molecule has 3 heterocycles. The van der Waals surface area contributed by atoms with Crippen molar-refractivity contribution >= 4 is 5.82 Å². The number of benzene rings is 1. The molecule has 2 aliphatic rings. The average molecular weight is 342 g/mol. The maximum absolute atomic E-state index is 13.8. The lowest BCUT2D eigenvalue weighted by Gasteiger charge is -2.38. The molecular formula is C19H23FN4O. The molecule has 1 atom stereocenters. The number of hydrogen-bond acceptors (Lipinski definition) is 5. The zero-order valence-corrected chi connectivity index (χ0v) is 14.2. The maximum Gasteiger partial charge on any atom is 0.144 e. The van der Waals surface area contributed by atoms with E-state index < -0.39 is 0 Å². The highest BCUT2D eigenvalue weighted by Gasteiger charge is 2.42. The van der Waals surface area contributed by atoms with Crippen molar-refractivity contribution in [3.63, 3.8) is 0 Å². The molecule has 1 spiro atoms. The number of rotatable bonds is 4. The van der Waals surface area contributed by atoms with Gasteiger partial charge in [0.05, 0.1) is 24.4 Å². The first-order valence-electron chi connectivity index (χ1n) is 8.85. The Morgan fingerprint density at radius 3 is 2.84 bits per heavy atom. The number of anilines is 1. The Morgan fingerprint density at radius 1 is 1.24 bits per heavy atom. The van der Waals surface area contributed by atoms with E-state index in [2.05, 4.69) is 20.2 Å². The van der Waals surface area contributed by atoms with Crippen molar-refractivity contribution in [1.29, 1.82) is 0 Å². The predicted molar refractivity (Wildman–Crippen MR) is 93.7 cm³/mol. The molecule has 2 aliphatic heterocycles. The molecule has 0 bridgehead atoms. The van der Waals surface area contributed by atoms with Crippen LogP contribution < -0.4 is 5.32 Å². The van der Waals surface area contributed by atoms with Gasteiger partial charge in [-0.1, -0.05) is 18.2 Å². The highest BCUT2D eigenvalue weighted by atomic mass is 19.1. The van der Waals surface area contributed by atoms with Crippen LogP contribution in [0.5, 0.6) is 0 Å². The SMILES string of the molecule is Fc1ccccc1CN1CCC2(CC1)C[C@@H](Nc1cnccn1)CO2. The van der Waals surface area contributed by atoms with E-state index in [4.69, 9.17) is 4.74 Å². The molecule has 5 nitrogen and oxygen atoms in total. The van der Waals surface area contributed by atoms with E-state index in [9.17, 15) is 4.39 Å². The highest BCUT2D eigenvalue weighted by Crippen LogP contribution is 2.37. The monoisotopic (exact) mass is 342 g/mol. The predicted octanol–water partition coefficient (Wildman–Crippen LogP) is 2.85. The number of nitrogens with zero attached hydrogens (tertiary/aromatic N) is 3. The zero-order valence-electron chi connectivity index (χ0n) is 14.2. The van der Waals surface area contributed by atoms with Crippen molar-refractivity contribution in [3.8, 4) is 0 Å². The first-order valence-corrected chi connectivity index (χ1v) is 8.85. The summed E-state index contributed by atoms with van der Waals surface area (Å²) in [6, 6.07) is 7.30. The number of hydrogen-bond donors (Lipinski definition) is 1. The molecule has 2 fully saturated rings. The summed E-state index contributed by atoms with van der Waals surface area (Å²) in [6.45, 7) is 3.24. The molecule has 4 rings (SSSR count). The molecule has 0 radical (unpaired) electrons. The van der Waals surface area contributed by atoms with Crippen LogP contribution in [0, 0.1) is 5.82 Å². The minimum atomic E-state index is -0.117. The van der Waals surface area contributed by atoms with Crippen LogP contribution in [0.1, 0.15) is 24.8 Å². The van der Waals surface area contributed by atoms with Crippen molar-refractivity contribution in [1.82, 2.24) is 14.9 Å². The fraction of sp³-hybridized carbons (Fsp3) is 0.474. The summed E-state index contributed by atoms with van der Waals surface area (Å²) < 4.78 is 20.0. The van der Waals surface area contributed by atoms with E-state index in [-0.39, 0.29) is 17.5 Å². The lowest BCUT2D eigenvalue weighted by atomic mass is 9.87. The van der Waals surface area contributed by atoms with E-state index in [0.717, 1.165) is 43.7 Å². The first-order chi connectivity index (χ1) is 12.2. The third-order valence-electron chi connectivity index (χ3n) is 5.24. The smallest absolute Gasteiger partial charge is 0.144 e. The Morgan fingerprint density at radius 2 is 2.08 bits per heavy atom. The quantitative estimate of drug-likeness (QED) is 0.926. The number of likely N-dealkylation sites (tertiary alicyclic amines) is 1. The van der Waals surface area contributed by atoms with Gasteiger partial charge in [0.15, 0.2) is 0 Å². The Bertz CT molecular complexity index is 704. The number of nitrogens with one attached hydrogen (secondary N) is 1. The average Bonchev–Trinajstić information content (AvgIpc) is 3.02. The molecular weight excluding hydrogens is 319 g/mol. The molecule has 0 amide bonds. The lowest BCUT2D eigenvalue weighted by Crippen LogP contribution is -2.44. The van der Waals surface area contributed by atoms with Gasteiger partial charge in [-0.05, 0) is 25.3 Å². The summed E-state index contributed by atoms with van der Waals surface area (Å²) >= 11 is 0. The molecule has 1 aromatic heterocycles. The standard InChI is InChI=1S/C19H23FN4O/c20-17-4-2-1-3-15(17)13-24-9-5-19(6-10-24)11-16(14-25-19)23-18-12-21-7-8-22-18/h1-4,7-8,12,16H,5-6,9-11,13-14H2,(H,22,23)/t16-/m1/s1. The van der Waals surface area contributed by atoms with E-state index in [0.29, 0.717) is 13.2 Å². The molecule has 0 unspecified atom stereocenters. The van der Waals surface area contributed by atoms with Crippen LogP contribution in [0.15, 0.2) is 42.9 Å². The van der Waals surface area contributed by atoms with Crippen LogP contribution in [0.3, 0.4) is 0 Å². The minimum Gasteiger partial charge on any atom is -0.373 e. The molecule has 0 aliphatic carbocycles. The second kappa shape index (κ2) is 7.06. The molecule has 25 heavy (non-hydrogen) atoms. The number of piperidine rings is 1. The van der Waals surface area contributed by atoms with Crippen LogP contribution in [-0.4, -0.2) is 46.2 Å². The van der Waals surface area contributed by atoms with Gasteiger partial charge in [0.25, 0.3) is 0 Å². The summed E-state index contributed by atoms with van der Waals surface area (Å²) in [5.74, 6) is 0.679. The van der Waals surface area contributed by atoms with E-state index in [1.54, 1.807) is 24.7 Å². The fourth-order valence-corrected chi connectivity index (χ4v) is 3.85. The van der Waals surface area contributed by atoms with Gasteiger partial charge in [-0.15, -0.1) is 0 Å². The molecule has 6 heteroatoms. The lowest BCUT2D eigenvalue weighted by molar-refractivity contribution is -0.0449. The molecule has 132 valence electrons. The van der Waals surface area contributed by atoms with Crippen molar-refractivity contribution in [2.45, 2.75) is 37.5 Å². The van der Waals surface area contributed by atoms with Gasteiger partial charge in [-0.25, -0.2) is 9.37 Å². The molecule has 0 saturated carbocycles. The van der Waals surface area contributed by atoms with Gasteiger partial charge in [0.1, 0.15) is 11.6 Å². The summed E-state index contributed by atoms with van der Waals surface area (Å²) in [5, 5.41) is 3.41. The van der Waals surface area contributed by atoms with E-state index >= 15 is 0 Å². The summed E-state index contributed by atoms with van der Waals surface area (Å²) in [7, 11) is 0. The molecule has 1 aromatic carbocycles. The van der Waals surface area contributed by atoms with Crippen molar-refractivity contribution in [2.75, 3.05) is 25.0 Å². The van der Waals surface area contributed by atoms with Crippen LogP contribution in [0.4, 0.5) is 10.2 Å². The normalized spacial score (nSPS) is 23.0. The van der Waals surface area contributed by atoms with Crippen LogP contribution >= 0.6 is 0 Å². The zero-order chi connectivity index (χ0) is 17.1. The Labute approximate surface area is 147 Å². The van der Waals surface area contributed by atoms with Crippen LogP contribution in [0.2, 0.25) is 0 Å². The molecule has 1 N–H and O–H groups in total. The largest absolute Gasteiger partial charge is 0.373 e. The summed E-state index contributed by atoms with van der Waals surface area (Å²) in [6.07, 6.45) is 8.05. The molecule has 2 saturated heterocycles. The van der Waals surface area contributed by atoms with Gasteiger partial charge in [-0.3, -0.25) is 9.88 Å². The third kappa shape index (κ3) is 3.80. The van der Waals surface area contributed by atoms with Crippen molar-refractivity contribution in [2.24, 2.45) is 0 Å².